The fourth-order valence-electron chi connectivity index (χ4n) is 1.60. The molecule has 0 bridgehead atoms. The standard InChI is InChI=1S/C14H18N2O4/c1-10(14(19)16(2)9-12(17)20-3)15-13(18)11-7-5-4-6-8-11/h4-8,10H,9H2,1-3H3,(H,15,18). The maximum atomic E-state index is 12.0. The maximum Gasteiger partial charge on any atom is 0.325 e. The van der Waals surface area contributed by atoms with Gasteiger partial charge in [-0.25, -0.2) is 0 Å². The molecule has 1 atom stereocenters. The number of nitrogens with zero attached hydrogens (tertiary/aromatic N) is 1. The lowest BCUT2D eigenvalue weighted by atomic mass is 10.2. The summed E-state index contributed by atoms with van der Waals surface area (Å²) >= 11 is 0. The van der Waals surface area contributed by atoms with Crippen LogP contribution in [0.25, 0.3) is 0 Å². The van der Waals surface area contributed by atoms with E-state index in [1.54, 1.807) is 37.3 Å². The summed E-state index contributed by atoms with van der Waals surface area (Å²) in [7, 11) is 2.73. The fourth-order valence-corrected chi connectivity index (χ4v) is 1.60. The molecular weight excluding hydrogens is 260 g/mol. The van der Waals surface area contributed by atoms with Crippen LogP contribution in [0.1, 0.15) is 17.3 Å². The molecule has 0 aromatic heterocycles. The van der Waals surface area contributed by atoms with Gasteiger partial charge >= 0.3 is 5.97 Å². The van der Waals surface area contributed by atoms with Crippen molar-refractivity contribution in [1.82, 2.24) is 10.2 Å². The molecule has 6 nitrogen and oxygen atoms in total. The number of nitrogens with one attached hydrogen (secondary N) is 1. The molecule has 0 fully saturated rings. The van der Waals surface area contributed by atoms with Crippen molar-refractivity contribution in [2.24, 2.45) is 0 Å². The molecule has 20 heavy (non-hydrogen) atoms. The lowest BCUT2D eigenvalue weighted by Crippen LogP contribution is -2.47. The third-order valence-corrected chi connectivity index (χ3v) is 2.72. The minimum atomic E-state index is -0.725. The topological polar surface area (TPSA) is 75.7 Å². The average Bonchev–Trinajstić information content (AvgIpc) is 2.46. The molecule has 1 unspecified atom stereocenters. The third kappa shape index (κ3) is 4.38. The molecule has 1 aromatic carbocycles. The number of ether oxygens (including phenoxy) is 1. The van der Waals surface area contributed by atoms with Gasteiger partial charge in [-0.05, 0) is 19.1 Å². The first-order chi connectivity index (χ1) is 9.45. The number of likely N-dealkylation sites (N-methyl/N-ethyl adjacent to an activating group) is 1. The first-order valence-corrected chi connectivity index (χ1v) is 6.13. The highest BCUT2D eigenvalue weighted by molar-refractivity contribution is 5.97. The molecule has 0 aliphatic carbocycles. The van der Waals surface area contributed by atoms with Crippen LogP contribution in [0, 0.1) is 0 Å². The number of rotatable bonds is 5. The van der Waals surface area contributed by atoms with Gasteiger partial charge in [0.25, 0.3) is 5.91 Å². The van der Waals surface area contributed by atoms with Crippen molar-refractivity contribution in [3.05, 3.63) is 35.9 Å². The molecule has 1 rings (SSSR count). The van der Waals surface area contributed by atoms with E-state index in [4.69, 9.17) is 0 Å². The predicted octanol–water partition coefficient (Wildman–Crippen LogP) is 0.436. The van der Waals surface area contributed by atoms with Gasteiger partial charge in [-0.3, -0.25) is 14.4 Å². The Labute approximate surface area is 117 Å². The zero-order valence-corrected chi connectivity index (χ0v) is 11.8. The number of carbonyl (C=O) groups is 3. The average molecular weight is 278 g/mol. The van der Waals surface area contributed by atoms with Gasteiger partial charge in [-0.15, -0.1) is 0 Å². The van der Waals surface area contributed by atoms with Gasteiger partial charge in [0.2, 0.25) is 5.91 Å². The van der Waals surface area contributed by atoms with Crippen LogP contribution in [0.15, 0.2) is 30.3 Å². The van der Waals surface area contributed by atoms with Crippen molar-refractivity contribution in [2.45, 2.75) is 13.0 Å². The van der Waals surface area contributed by atoms with E-state index < -0.39 is 12.0 Å². The Hall–Kier alpha value is -2.37. The highest BCUT2D eigenvalue weighted by Gasteiger charge is 2.21. The van der Waals surface area contributed by atoms with Crippen LogP contribution in [-0.4, -0.2) is 49.4 Å². The van der Waals surface area contributed by atoms with Crippen LogP contribution in [0.3, 0.4) is 0 Å². The molecule has 0 radical (unpaired) electrons. The highest BCUT2D eigenvalue weighted by Crippen LogP contribution is 2.00. The van der Waals surface area contributed by atoms with Gasteiger partial charge in [0, 0.05) is 12.6 Å². The largest absolute Gasteiger partial charge is 0.468 e. The molecule has 0 aliphatic rings. The summed E-state index contributed by atoms with van der Waals surface area (Å²) in [5.74, 6) is -1.21. The summed E-state index contributed by atoms with van der Waals surface area (Å²) in [5, 5.41) is 2.59. The third-order valence-electron chi connectivity index (χ3n) is 2.72. The quantitative estimate of drug-likeness (QED) is 0.793. The molecule has 0 saturated carbocycles. The Bertz CT molecular complexity index is 487. The Kier molecular flexibility index (Phi) is 5.71. The molecule has 2 amide bonds. The van der Waals surface area contributed by atoms with Crippen molar-refractivity contribution >= 4 is 17.8 Å². The van der Waals surface area contributed by atoms with Crippen LogP contribution in [0.2, 0.25) is 0 Å². The maximum absolute atomic E-state index is 12.0. The Balaban J connectivity index is 2.57. The second-order valence-corrected chi connectivity index (χ2v) is 4.33. The molecule has 1 aromatic rings. The van der Waals surface area contributed by atoms with Gasteiger partial charge in [0.15, 0.2) is 0 Å². The molecule has 6 heteroatoms. The van der Waals surface area contributed by atoms with Crippen molar-refractivity contribution in [3.8, 4) is 0 Å². The van der Waals surface area contributed by atoms with Crippen molar-refractivity contribution in [1.29, 1.82) is 0 Å². The van der Waals surface area contributed by atoms with Crippen LogP contribution in [-0.2, 0) is 14.3 Å². The molecule has 108 valence electrons. The van der Waals surface area contributed by atoms with Gasteiger partial charge in [0.05, 0.1) is 7.11 Å². The van der Waals surface area contributed by atoms with Crippen molar-refractivity contribution in [2.75, 3.05) is 20.7 Å². The van der Waals surface area contributed by atoms with Gasteiger partial charge < -0.3 is 15.0 Å². The lowest BCUT2D eigenvalue weighted by molar-refractivity contribution is -0.146. The van der Waals surface area contributed by atoms with Crippen molar-refractivity contribution < 1.29 is 19.1 Å². The Morgan fingerprint density at radius 2 is 1.85 bits per heavy atom. The van der Waals surface area contributed by atoms with E-state index in [-0.39, 0.29) is 18.4 Å². The first kappa shape index (κ1) is 15.7. The second-order valence-electron chi connectivity index (χ2n) is 4.33. The number of hydrogen-bond donors (Lipinski definition) is 1. The molecular formula is C14H18N2O4. The zero-order chi connectivity index (χ0) is 15.1. The zero-order valence-electron chi connectivity index (χ0n) is 11.8. The second kappa shape index (κ2) is 7.28. The van der Waals surface area contributed by atoms with Crippen molar-refractivity contribution in [3.63, 3.8) is 0 Å². The summed E-state index contributed by atoms with van der Waals surface area (Å²) in [5.41, 5.74) is 0.475. The molecule has 0 spiro atoms. The smallest absolute Gasteiger partial charge is 0.325 e. The van der Waals surface area contributed by atoms with E-state index in [1.807, 2.05) is 0 Å². The number of carbonyl (C=O) groups excluding carboxylic acids is 3. The SMILES string of the molecule is COC(=O)CN(C)C(=O)C(C)NC(=O)c1ccccc1. The minimum Gasteiger partial charge on any atom is -0.468 e. The van der Waals surface area contributed by atoms with E-state index >= 15 is 0 Å². The minimum absolute atomic E-state index is 0.152. The van der Waals surface area contributed by atoms with E-state index in [0.717, 1.165) is 0 Å². The summed E-state index contributed by atoms with van der Waals surface area (Å²) < 4.78 is 4.48. The molecule has 0 heterocycles. The van der Waals surface area contributed by atoms with E-state index in [0.29, 0.717) is 5.56 Å². The van der Waals surface area contributed by atoms with E-state index in [2.05, 4.69) is 10.1 Å². The number of esters is 1. The number of hydrogen-bond acceptors (Lipinski definition) is 4. The highest BCUT2D eigenvalue weighted by atomic mass is 16.5. The monoisotopic (exact) mass is 278 g/mol. The first-order valence-electron chi connectivity index (χ1n) is 6.13. The van der Waals surface area contributed by atoms with E-state index in [1.165, 1.54) is 19.1 Å². The Morgan fingerprint density at radius 3 is 2.40 bits per heavy atom. The summed E-state index contributed by atoms with van der Waals surface area (Å²) in [6, 6.07) is 7.87. The summed E-state index contributed by atoms with van der Waals surface area (Å²) in [6.07, 6.45) is 0. The molecule has 1 N–H and O–H groups in total. The van der Waals surface area contributed by atoms with Crippen LogP contribution >= 0.6 is 0 Å². The lowest BCUT2D eigenvalue weighted by Gasteiger charge is -2.21. The fraction of sp³-hybridized carbons (Fsp3) is 0.357. The number of methoxy groups -OCH3 is 1. The van der Waals surface area contributed by atoms with E-state index in [9.17, 15) is 14.4 Å². The van der Waals surface area contributed by atoms with Gasteiger partial charge in [-0.1, -0.05) is 18.2 Å². The Morgan fingerprint density at radius 1 is 1.25 bits per heavy atom. The van der Waals surface area contributed by atoms with Crippen LogP contribution in [0.4, 0.5) is 0 Å². The summed E-state index contributed by atoms with van der Waals surface area (Å²) in [4.78, 5) is 36.2. The number of amides is 2. The van der Waals surface area contributed by atoms with Gasteiger partial charge in [-0.2, -0.15) is 0 Å². The summed E-state index contributed by atoms with van der Waals surface area (Å²) in [6.45, 7) is 1.41. The number of benzene rings is 1. The predicted molar refractivity (Wildman–Crippen MR) is 73.0 cm³/mol. The normalized spacial score (nSPS) is 11.3. The van der Waals surface area contributed by atoms with Gasteiger partial charge in [0.1, 0.15) is 12.6 Å². The molecule has 0 aliphatic heterocycles. The van der Waals surface area contributed by atoms with Crippen LogP contribution in [0.5, 0.6) is 0 Å². The molecule has 0 saturated heterocycles. The van der Waals surface area contributed by atoms with Crippen LogP contribution < -0.4 is 5.32 Å².